The number of hydrogen-bond donors (Lipinski definition) is 1. The molecule has 1 aromatic carbocycles. The molecule has 8 heteroatoms. The fraction of sp³-hybridized carbons (Fsp3) is 0.333. The first-order valence-electron chi connectivity index (χ1n) is 10.2. The average molecular weight is 438 g/mol. The van der Waals surface area contributed by atoms with Gasteiger partial charge in [-0.1, -0.05) is 17.3 Å². The summed E-state index contributed by atoms with van der Waals surface area (Å²) < 4.78 is 16.0. The third-order valence-electron chi connectivity index (χ3n) is 5.27. The Morgan fingerprint density at radius 1 is 1.06 bits per heavy atom. The van der Waals surface area contributed by atoms with Gasteiger partial charge in [-0.2, -0.15) is 0 Å². The quantitative estimate of drug-likeness (QED) is 0.397. The molecule has 0 aliphatic heterocycles. The van der Waals surface area contributed by atoms with Gasteiger partial charge in [0.15, 0.2) is 12.4 Å². The molecular formula is C24H26N2O6. The molecular weight excluding hydrogens is 412 g/mol. The first-order chi connectivity index (χ1) is 15.2. The molecule has 168 valence electrons. The van der Waals surface area contributed by atoms with Gasteiger partial charge in [-0.05, 0) is 57.9 Å². The van der Waals surface area contributed by atoms with Crippen LogP contribution in [0.5, 0.6) is 5.75 Å². The Hall–Kier alpha value is -3.68. The van der Waals surface area contributed by atoms with Gasteiger partial charge in [-0.3, -0.25) is 14.4 Å². The Kier molecular flexibility index (Phi) is 6.92. The zero-order valence-corrected chi connectivity index (χ0v) is 18.8. The van der Waals surface area contributed by atoms with Crippen molar-refractivity contribution in [2.75, 3.05) is 6.61 Å². The second-order valence-electron chi connectivity index (χ2n) is 7.68. The number of nitrogens with one attached hydrogen (secondary N) is 1. The van der Waals surface area contributed by atoms with Gasteiger partial charge in [0.25, 0.3) is 0 Å². The first kappa shape index (κ1) is 23.0. The predicted molar refractivity (Wildman–Crippen MR) is 116 cm³/mol. The third-order valence-corrected chi connectivity index (χ3v) is 5.27. The molecule has 2 heterocycles. The first-order valence-corrected chi connectivity index (χ1v) is 10.2. The molecule has 32 heavy (non-hydrogen) atoms. The summed E-state index contributed by atoms with van der Waals surface area (Å²) in [5.74, 6) is 0.353. The molecule has 8 nitrogen and oxygen atoms in total. The maximum absolute atomic E-state index is 12.4. The van der Waals surface area contributed by atoms with Crippen LogP contribution < -0.4 is 4.74 Å². The number of carbonyl (C=O) groups excluding carboxylic acids is 3. The minimum absolute atomic E-state index is 0.0266. The number of nitrogens with zero attached hydrogens (tertiary/aromatic N) is 1. The van der Waals surface area contributed by atoms with Crippen LogP contribution in [0.2, 0.25) is 0 Å². The van der Waals surface area contributed by atoms with E-state index >= 15 is 0 Å². The van der Waals surface area contributed by atoms with E-state index in [9.17, 15) is 14.4 Å². The Morgan fingerprint density at radius 3 is 2.31 bits per heavy atom. The van der Waals surface area contributed by atoms with Gasteiger partial charge in [0.2, 0.25) is 5.78 Å². The molecule has 0 saturated heterocycles. The van der Waals surface area contributed by atoms with Crippen molar-refractivity contribution >= 4 is 17.5 Å². The van der Waals surface area contributed by atoms with Crippen molar-refractivity contribution in [1.82, 2.24) is 10.1 Å². The van der Waals surface area contributed by atoms with Crippen molar-refractivity contribution < 1.29 is 28.4 Å². The molecule has 0 aliphatic rings. The lowest BCUT2D eigenvalue weighted by atomic mass is 10.1. The molecule has 0 saturated carbocycles. The molecule has 3 aromatic rings. The van der Waals surface area contributed by atoms with E-state index in [1.165, 1.54) is 6.92 Å². The van der Waals surface area contributed by atoms with Crippen molar-refractivity contribution in [3.8, 4) is 5.75 Å². The Morgan fingerprint density at radius 2 is 1.75 bits per heavy atom. The summed E-state index contributed by atoms with van der Waals surface area (Å²) in [5, 5.41) is 3.89. The number of ether oxygens (including phenoxy) is 2. The second-order valence-corrected chi connectivity index (χ2v) is 7.68. The van der Waals surface area contributed by atoms with Crippen molar-refractivity contribution in [2.45, 2.75) is 47.6 Å². The van der Waals surface area contributed by atoms with Crippen LogP contribution in [-0.2, 0) is 22.6 Å². The van der Waals surface area contributed by atoms with Crippen LogP contribution >= 0.6 is 0 Å². The van der Waals surface area contributed by atoms with E-state index < -0.39 is 12.6 Å². The smallest absolute Gasteiger partial charge is 0.310 e. The lowest BCUT2D eigenvalue weighted by Crippen LogP contribution is -2.16. The van der Waals surface area contributed by atoms with Gasteiger partial charge >= 0.3 is 5.97 Å². The Bertz CT molecular complexity index is 1130. The van der Waals surface area contributed by atoms with Crippen LogP contribution in [-0.4, -0.2) is 34.3 Å². The summed E-state index contributed by atoms with van der Waals surface area (Å²) in [6, 6.07) is 7.06. The highest BCUT2D eigenvalue weighted by Crippen LogP contribution is 2.20. The summed E-state index contributed by atoms with van der Waals surface area (Å²) in [7, 11) is 0. The molecule has 0 amide bonds. The molecule has 0 aliphatic carbocycles. The third kappa shape index (κ3) is 5.14. The summed E-state index contributed by atoms with van der Waals surface area (Å²) in [6.07, 6.45) is 0.0266. The number of esters is 1. The number of Topliss-reactive ketones (excluding diaryl/α,β-unsaturated/α-hetero) is 2. The largest absolute Gasteiger partial charge is 0.489 e. The van der Waals surface area contributed by atoms with Crippen LogP contribution in [0.4, 0.5) is 0 Å². The lowest BCUT2D eigenvalue weighted by molar-refractivity contribution is -0.141. The van der Waals surface area contributed by atoms with Crippen molar-refractivity contribution in [1.29, 1.82) is 0 Å². The van der Waals surface area contributed by atoms with Crippen molar-refractivity contribution in [3.05, 3.63) is 69.4 Å². The van der Waals surface area contributed by atoms with Gasteiger partial charge in [-0.15, -0.1) is 0 Å². The number of rotatable bonds is 9. The van der Waals surface area contributed by atoms with Gasteiger partial charge in [-0.25, -0.2) is 0 Å². The number of aromatic nitrogens is 2. The van der Waals surface area contributed by atoms with E-state index in [4.69, 9.17) is 14.0 Å². The van der Waals surface area contributed by atoms with E-state index in [-0.39, 0.29) is 18.0 Å². The number of benzene rings is 1. The molecule has 2 aromatic heterocycles. The van der Waals surface area contributed by atoms with Crippen LogP contribution in [0.3, 0.4) is 0 Å². The lowest BCUT2D eigenvalue weighted by Gasteiger charge is -2.08. The standard InChI is InChI=1S/C24H26N2O6/c1-13-23(16(4)27)15(3)25-24(13)21(28)12-31-22(29)10-18-6-8-19(9-7-18)30-11-20-14(2)26-32-17(20)5/h6-9,25H,10-12H2,1-5H3. The maximum Gasteiger partial charge on any atom is 0.310 e. The summed E-state index contributed by atoms with van der Waals surface area (Å²) in [5.41, 5.74) is 4.42. The molecule has 0 bridgehead atoms. The zero-order chi connectivity index (χ0) is 23.4. The Balaban J connectivity index is 1.51. The van der Waals surface area contributed by atoms with Gasteiger partial charge in [0.05, 0.1) is 23.4 Å². The molecule has 0 spiro atoms. The van der Waals surface area contributed by atoms with Gasteiger partial charge < -0.3 is 19.0 Å². The molecule has 1 N–H and O–H groups in total. The van der Waals surface area contributed by atoms with E-state index in [0.717, 1.165) is 22.6 Å². The predicted octanol–water partition coefficient (Wildman–Crippen LogP) is 3.99. The summed E-state index contributed by atoms with van der Waals surface area (Å²) in [4.78, 5) is 39.2. The van der Waals surface area contributed by atoms with Crippen LogP contribution in [0, 0.1) is 27.7 Å². The van der Waals surface area contributed by atoms with Crippen LogP contribution in [0.15, 0.2) is 28.8 Å². The highest BCUT2D eigenvalue weighted by molar-refractivity contribution is 6.04. The number of aromatic amines is 1. The van der Waals surface area contributed by atoms with Gasteiger partial charge in [0, 0.05) is 11.3 Å². The van der Waals surface area contributed by atoms with E-state index in [2.05, 4.69) is 10.1 Å². The average Bonchev–Trinajstić information content (AvgIpc) is 3.23. The number of ketones is 2. The minimum atomic E-state index is -0.518. The fourth-order valence-electron chi connectivity index (χ4n) is 3.56. The SMILES string of the molecule is CC(=O)c1c(C)[nH]c(C(=O)COC(=O)Cc2ccc(OCc3c(C)noc3C)cc2)c1C. The molecule has 0 radical (unpaired) electrons. The topological polar surface area (TPSA) is 111 Å². The van der Waals surface area contributed by atoms with Crippen LogP contribution in [0.25, 0.3) is 0 Å². The number of aryl methyl sites for hydroxylation is 3. The minimum Gasteiger partial charge on any atom is -0.489 e. The van der Waals surface area contributed by atoms with Crippen LogP contribution in [0.1, 0.15) is 61.6 Å². The number of hydrogen-bond acceptors (Lipinski definition) is 7. The van der Waals surface area contributed by atoms with E-state index in [0.29, 0.717) is 34.9 Å². The van der Waals surface area contributed by atoms with E-state index in [1.54, 1.807) is 38.1 Å². The molecule has 0 fully saturated rings. The summed E-state index contributed by atoms with van der Waals surface area (Å²) in [6.45, 7) is 8.51. The maximum atomic E-state index is 12.4. The highest BCUT2D eigenvalue weighted by Gasteiger charge is 2.20. The second kappa shape index (κ2) is 9.64. The number of H-pyrrole nitrogens is 1. The highest BCUT2D eigenvalue weighted by atomic mass is 16.5. The molecule has 0 atom stereocenters. The monoisotopic (exact) mass is 438 g/mol. The van der Waals surface area contributed by atoms with Crippen molar-refractivity contribution in [3.63, 3.8) is 0 Å². The van der Waals surface area contributed by atoms with E-state index in [1.807, 2.05) is 13.8 Å². The number of carbonyl (C=O) groups is 3. The summed E-state index contributed by atoms with van der Waals surface area (Å²) >= 11 is 0. The van der Waals surface area contributed by atoms with Gasteiger partial charge in [0.1, 0.15) is 18.1 Å². The molecule has 3 rings (SSSR count). The van der Waals surface area contributed by atoms with Crippen molar-refractivity contribution in [2.24, 2.45) is 0 Å². The fourth-order valence-corrected chi connectivity index (χ4v) is 3.56. The zero-order valence-electron chi connectivity index (χ0n) is 18.8. The Labute approximate surface area is 185 Å². The molecule has 0 unspecified atom stereocenters. The normalized spacial score (nSPS) is 10.8.